The maximum Gasteiger partial charge on any atom is 0.338 e. The molecule has 2 aromatic carbocycles. The van der Waals surface area contributed by atoms with Crippen LogP contribution in [0.3, 0.4) is 0 Å². The molecule has 3 aliphatic rings. The average Bonchev–Trinajstić information content (AvgIpc) is 2.87. The summed E-state index contributed by atoms with van der Waals surface area (Å²) in [5.41, 5.74) is 2.29. The van der Waals surface area contributed by atoms with E-state index in [0.717, 1.165) is 48.1 Å². The van der Waals surface area contributed by atoms with Crippen LogP contribution in [0.4, 0.5) is 0 Å². The van der Waals surface area contributed by atoms with Crippen molar-refractivity contribution in [3.8, 4) is 5.75 Å². The average molecular weight is 463 g/mol. The van der Waals surface area contributed by atoms with Crippen LogP contribution in [0.15, 0.2) is 67.4 Å². The summed E-state index contributed by atoms with van der Waals surface area (Å²) in [5, 5.41) is 1.52. The molecule has 0 radical (unpaired) electrons. The molecule has 0 spiro atoms. The molecule has 2 bridgehead atoms. The summed E-state index contributed by atoms with van der Waals surface area (Å²) >= 11 is 6.02. The first kappa shape index (κ1) is 21.9. The summed E-state index contributed by atoms with van der Waals surface area (Å²) < 4.78 is 11.8. The van der Waals surface area contributed by atoms with E-state index in [-0.39, 0.29) is 12.0 Å². The van der Waals surface area contributed by atoms with Gasteiger partial charge in [-0.1, -0.05) is 17.7 Å². The Morgan fingerprint density at radius 1 is 1.24 bits per heavy atom. The number of piperidine rings is 3. The number of methoxy groups -OCH3 is 1. The van der Waals surface area contributed by atoms with Gasteiger partial charge in [0.05, 0.1) is 24.2 Å². The Morgan fingerprint density at radius 3 is 2.76 bits per heavy atom. The molecule has 0 saturated carbocycles. The van der Waals surface area contributed by atoms with Crippen molar-refractivity contribution < 1.29 is 14.3 Å². The second-order valence-electron chi connectivity index (χ2n) is 8.86. The first-order valence-corrected chi connectivity index (χ1v) is 11.7. The molecule has 33 heavy (non-hydrogen) atoms. The molecule has 3 aliphatic heterocycles. The minimum absolute atomic E-state index is 0.0907. The Kier molecular flexibility index (Phi) is 6.09. The van der Waals surface area contributed by atoms with Crippen molar-refractivity contribution in [2.45, 2.75) is 25.0 Å². The van der Waals surface area contributed by atoms with Crippen LogP contribution in [-0.4, -0.2) is 42.1 Å². The number of fused-ring (bicyclic) bond motifs is 4. The fraction of sp³-hybridized carbons (Fsp3) is 0.333. The minimum atomic E-state index is -0.431. The highest BCUT2D eigenvalue weighted by Gasteiger charge is 2.44. The standard InChI is InChI=1S/C27H27ClN2O3/c1-3-17-16-30-13-11-19(17)14-25(30)26(33-27(31)18-4-6-20(28)7-5-18)22-10-12-29-24-9-8-21(32-2)15-23(22)24/h3-10,12,15,17,19,25-26H,1,11,13-14,16H2,2H3/t17-,19+,25-,26-/m1/s1. The highest BCUT2D eigenvalue weighted by atomic mass is 35.5. The summed E-state index contributed by atoms with van der Waals surface area (Å²) in [6.45, 7) is 5.99. The number of esters is 1. The molecular formula is C27H27ClN2O3. The Hall–Kier alpha value is -2.89. The van der Waals surface area contributed by atoms with Gasteiger partial charge >= 0.3 is 5.97 Å². The maximum absolute atomic E-state index is 13.2. The van der Waals surface area contributed by atoms with Crippen molar-refractivity contribution in [3.05, 3.63) is 83.5 Å². The third kappa shape index (κ3) is 4.23. The third-order valence-corrected chi connectivity index (χ3v) is 7.36. The molecule has 6 rings (SSSR count). The second-order valence-corrected chi connectivity index (χ2v) is 9.30. The van der Waals surface area contributed by atoms with Crippen LogP contribution in [0.25, 0.3) is 10.9 Å². The SMILES string of the molecule is C=C[C@@H]1CN2CC[C@H]1C[C@@H]2[C@H](OC(=O)c1ccc(Cl)cc1)c1ccnc2ccc(OC)cc12. The van der Waals surface area contributed by atoms with Crippen molar-refractivity contribution in [3.63, 3.8) is 0 Å². The van der Waals surface area contributed by atoms with E-state index in [9.17, 15) is 4.79 Å². The predicted molar refractivity (Wildman–Crippen MR) is 130 cm³/mol. The predicted octanol–water partition coefficient (Wildman–Crippen LogP) is 5.69. The molecule has 0 N–H and O–H groups in total. The topological polar surface area (TPSA) is 51.7 Å². The van der Waals surface area contributed by atoms with E-state index >= 15 is 0 Å². The summed E-state index contributed by atoms with van der Waals surface area (Å²) in [7, 11) is 1.65. The monoisotopic (exact) mass is 462 g/mol. The van der Waals surface area contributed by atoms with Crippen LogP contribution in [-0.2, 0) is 4.74 Å². The number of carbonyl (C=O) groups excluding carboxylic acids is 1. The van der Waals surface area contributed by atoms with Gasteiger partial charge in [-0.3, -0.25) is 9.88 Å². The lowest BCUT2D eigenvalue weighted by molar-refractivity contribution is -0.0568. The molecule has 6 heteroatoms. The number of ether oxygens (including phenoxy) is 2. The first-order valence-electron chi connectivity index (χ1n) is 11.3. The van der Waals surface area contributed by atoms with Crippen LogP contribution in [0.1, 0.15) is 34.9 Å². The zero-order valence-electron chi connectivity index (χ0n) is 18.6. The number of benzene rings is 2. The Bertz CT molecular complexity index is 1180. The van der Waals surface area contributed by atoms with E-state index in [1.165, 1.54) is 0 Å². The Morgan fingerprint density at radius 2 is 2.06 bits per heavy atom. The largest absolute Gasteiger partial charge is 0.497 e. The summed E-state index contributed by atoms with van der Waals surface area (Å²) in [6, 6.07) is 14.7. The quantitative estimate of drug-likeness (QED) is 0.348. The normalized spacial score (nSPS) is 24.9. The van der Waals surface area contributed by atoms with Crippen LogP contribution < -0.4 is 4.74 Å². The van der Waals surface area contributed by atoms with E-state index in [1.807, 2.05) is 24.3 Å². The lowest BCUT2D eigenvalue weighted by Crippen LogP contribution is -2.55. The van der Waals surface area contributed by atoms with Gasteiger partial charge in [0.2, 0.25) is 0 Å². The smallest absolute Gasteiger partial charge is 0.338 e. The molecule has 0 amide bonds. The van der Waals surface area contributed by atoms with Crippen molar-refractivity contribution >= 4 is 28.5 Å². The number of halogens is 1. The fourth-order valence-electron chi connectivity index (χ4n) is 5.33. The molecule has 4 heterocycles. The molecule has 5 atom stereocenters. The summed E-state index contributed by atoms with van der Waals surface area (Å²) in [6.07, 6.45) is 5.54. The fourth-order valence-corrected chi connectivity index (χ4v) is 5.46. The molecule has 0 aliphatic carbocycles. The Balaban J connectivity index is 1.56. The first-order chi connectivity index (χ1) is 16.1. The zero-order valence-corrected chi connectivity index (χ0v) is 19.4. The van der Waals surface area contributed by atoms with Gasteiger partial charge in [-0.15, -0.1) is 6.58 Å². The number of nitrogens with zero attached hydrogens (tertiary/aromatic N) is 2. The van der Waals surface area contributed by atoms with Gasteiger partial charge in [0.25, 0.3) is 0 Å². The summed E-state index contributed by atoms with van der Waals surface area (Å²) in [4.78, 5) is 20.2. The van der Waals surface area contributed by atoms with E-state index in [4.69, 9.17) is 21.1 Å². The molecule has 5 nitrogen and oxygen atoms in total. The van der Waals surface area contributed by atoms with Gasteiger partial charge in [0, 0.05) is 28.7 Å². The maximum atomic E-state index is 13.2. The second kappa shape index (κ2) is 9.16. The van der Waals surface area contributed by atoms with Gasteiger partial charge in [-0.05, 0) is 79.8 Å². The van der Waals surface area contributed by atoms with E-state index in [0.29, 0.717) is 22.4 Å². The molecule has 1 aromatic heterocycles. The van der Waals surface area contributed by atoms with Gasteiger partial charge in [0.15, 0.2) is 0 Å². The van der Waals surface area contributed by atoms with Gasteiger partial charge in [-0.25, -0.2) is 4.79 Å². The van der Waals surface area contributed by atoms with Gasteiger partial charge < -0.3 is 9.47 Å². The highest BCUT2D eigenvalue weighted by Crippen LogP contribution is 2.44. The number of pyridine rings is 1. The van der Waals surface area contributed by atoms with Crippen LogP contribution in [0.5, 0.6) is 5.75 Å². The molecule has 1 unspecified atom stereocenters. The summed E-state index contributed by atoms with van der Waals surface area (Å²) in [5.74, 6) is 1.43. The molecule has 3 fully saturated rings. The van der Waals surface area contributed by atoms with Crippen LogP contribution in [0, 0.1) is 11.8 Å². The van der Waals surface area contributed by atoms with E-state index in [2.05, 4.69) is 22.5 Å². The van der Waals surface area contributed by atoms with Crippen molar-refractivity contribution in [2.24, 2.45) is 11.8 Å². The lowest BCUT2D eigenvalue weighted by atomic mass is 9.73. The van der Waals surface area contributed by atoms with Crippen molar-refractivity contribution in [2.75, 3.05) is 20.2 Å². The molecular weight excluding hydrogens is 436 g/mol. The number of hydrogen-bond donors (Lipinski definition) is 0. The van der Waals surface area contributed by atoms with Gasteiger partial charge in [0.1, 0.15) is 11.9 Å². The number of hydrogen-bond acceptors (Lipinski definition) is 5. The molecule has 3 aromatic rings. The number of aromatic nitrogens is 1. The van der Waals surface area contributed by atoms with Crippen molar-refractivity contribution in [1.29, 1.82) is 0 Å². The van der Waals surface area contributed by atoms with Crippen LogP contribution >= 0.6 is 11.6 Å². The molecule has 170 valence electrons. The third-order valence-electron chi connectivity index (χ3n) is 7.11. The minimum Gasteiger partial charge on any atom is -0.497 e. The number of carbonyl (C=O) groups is 1. The molecule has 3 saturated heterocycles. The van der Waals surface area contributed by atoms with E-state index in [1.54, 1.807) is 37.6 Å². The zero-order chi connectivity index (χ0) is 22.9. The highest BCUT2D eigenvalue weighted by molar-refractivity contribution is 6.30. The van der Waals surface area contributed by atoms with E-state index < -0.39 is 6.10 Å². The Labute approximate surface area is 199 Å². The van der Waals surface area contributed by atoms with Gasteiger partial charge in [-0.2, -0.15) is 0 Å². The van der Waals surface area contributed by atoms with Crippen LogP contribution in [0.2, 0.25) is 5.02 Å². The lowest BCUT2D eigenvalue weighted by Gasteiger charge is -2.51. The number of rotatable bonds is 6. The van der Waals surface area contributed by atoms with Crippen molar-refractivity contribution in [1.82, 2.24) is 9.88 Å².